The maximum atomic E-state index is 14.5. The number of ether oxygens (including phenoxy) is 5. The third-order valence-corrected chi connectivity index (χ3v) is 17.2. The van der Waals surface area contributed by atoms with Crippen LogP contribution in [-0.4, -0.2) is 168 Å². The van der Waals surface area contributed by atoms with E-state index in [4.69, 9.17) is 40.6 Å². The van der Waals surface area contributed by atoms with Crippen molar-refractivity contribution >= 4 is 102 Å². The van der Waals surface area contributed by atoms with Gasteiger partial charge in [0.05, 0.1) is 62.7 Å². The number of nitrogens with zero attached hydrogens (tertiary/aromatic N) is 9. The van der Waals surface area contributed by atoms with E-state index in [1.807, 2.05) is 4.57 Å². The number of urea groups is 2. The van der Waals surface area contributed by atoms with Gasteiger partial charge in [-0.25, -0.2) is 55.0 Å². The van der Waals surface area contributed by atoms with Crippen molar-refractivity contribution in [1.82, 2.24) is 48.6 Å². The van der Waals surface area contributed by atoms with Crippen LogP contribution in [0.25, 0.3) is 0 Å². The summed E-state index contributed by atoms with van der Waals surface area (Å²) in [6.45, 7) is -0.849. The number of hydrogen-bond donors (Lipinski definition) is 9. The maximum absolute atomic E-state index is 14.5. The fourth-order valence-electron chi connectivity index (χ4n) is 7.44. The van der Waals surface area contributed by atoms with Crippen molar-refractivity contribution in [1.29, 1.82) is 0 Å². The standard InChI is InChI=1S/C18H17FN4O2S.C14H10F4N4O7S.C14H17N5O7S2.C3H8NO5P/c1-4-5-22-13-7-12(11(19)6-14(13)25-9-16(22)24)20-17-23-10-18(2,3)8-15(23)21-26-17;15-11(16)28-8-5-9(29-12(17)18)20-13(19-8)21-14(25)22-30(26,27)7-4-2-1-3-6(7)10(23)24;1-4-27(21,22)9-6-5-7-15-12(9)28(23,24)19-14(20)18-13-16-10(25-2)8-11(17-13)26-3;5-3(6)1-4-2-10(7,8)9/h1,6-7H,5,8-10H2,2-3H3;1-5,11-12H,(H,23,24)(H2,19,20,21,22,25);5-8H,4H2,1-3H3,(H2,16,17,18,19,20);4H,1-2H2,(H,5,6)(H2,7,8,9)/b20-17-;;;. The van der Waals surface area contributed by atoms with Crippen molar-refractivity contribution in [2.45, 2.75) is 61.8 Å². The number of carbonyl (C=O) groups excluding carboxylic acids is 3. The Bertz CT molecular complexity index is 4280. The summed E-state index contributed by atoms with van der Waals surface area (Å²) in [5.74, 6) is -3.20. The van der Waals surface area contributed by atoms with E-state index in [2.05, 4.69) is 74.2 Å². The average molecular weight is 1430 g/mol. The molecule has 0 radical (unpaired) electrons. The Balaban J connectivity index is 0.000000238. The number of nitrogens with one attached hydrogen (secondary N) is 5. The van der Waals surface area contributed by atoms with Crippen LogP contribution in [0.3, 0.4) is 0 Å². The summed E-state index contributed by atoms with van der Waals surface area (Å²) in [4.78, 5) is 96.4. The normalized spacial score (nSPS) is 13.3. The Labute approximate surface area is 532 Å². The van der Waals surface area contributed by atoms with Gasteiger partial charge in [-0.3, -0.25) is 35.0 Å². The van der Waals surface area contributed by atoms with Gasteiger partial charge in [-0.05, 0) is 35.7 Å². The summed E-state index contributed by atoms with van der Waals surface area (Å²) < 4.78 is 180. The highest BCUT2D eigenvalue weighted by atomic mass is 32.2. The molecule has 0 saturated carbocycles. The second-order valence-corrected chi connectivity index (χ2v) is 26.7. The number of anilines is 3. The maximum Gasteiger partial charge on any atom is 0.388 e. The molecule has 94 heavy (non-hydrogen) atoms. The van der Waals surface area contributed by atoms with Gasteiger partial charge in [0.2, 0.25) is 40.2 Å². The minimum Gasteiger partial charge on any atom is -0.481 e. The minimum absolute atomic E-state index is 0.0612. The van der Waals surface area contributed by atoms with Gasteiger partial charge < -0.3 is 48.3 Å². The zero-order chi connectivity index (χ0) is 70.1. The van der Waals surface area contributed by atoms with Crippen LogP contribution in [0, 0.1) is 23.6 Å². The van der Waals surface area contributed by atoms with Crippen LogP contribution >= 0.6 is 19.1 Å². The molecule has 6 aromatic rings. The quantitative estimate of drug-likeness (QED) is 0.0284. The SMILES string of the molecule is C#CCN1C(=O)COc2cc(F)c(/N=c3\snc4n3CC(C)(C)C4)cc21.CCS(=O)(=O)c1cccnc1S(=O)(=O)NC(=O)Nc1nc(OC)cc(OC)n1.O=C(Nc1nc(OC(F)F)cc(OC(F)F)n1)NS(=O)(=O)c1ccccc1C(=O)O.O=C(O)CNCP(=O)(O)O. The average Bonchev–Trinajstić information content (AvgIpc) is 1.38. The van der Waals surface area contributed by atoms with E-state index in [0.29, 0.717) is 22.3 Å². The van der Waals surface area contributed by atoms with Crippen molar-refractivity contribution in [2.75, 3.05) is 61.5 Å². The fourth-order valence-corrected chi connectivity index (χ4v) is 12.3. The second kappa shape index (κ2) is 32.2. The number of aromatic nitrogens is 7. The number of hydrogen-bond acceptors (Lipinski definition) is 26. The largest absolute Gasteiger partial charge is 0.481 e. The summed E-state index contributed by atoms with van der Waals surface area (Å²) in [7, 11) is -14.7. The summed E-state index contributed by atoms with van der Waals surface area (Å²) >= 11 is 1.24. The summed E-state index contributed by atoms with van der Waals surface area (Å²) in [6.07, 6.45) is 6.71. The highest BCUT2D eigenvalue weighted by Crippen LogP contribution is 2.38. The number of carboxylic acids is 2. The lowest BCUT2D eigenvalue weighted by molar-refractivity contribution is -0.135. The molecule has 4 aromatic heterocycles. The molecule has 8 rings (SSSR count). The molecule has 0 saturated heterocycles. The second-order valence-electron chi connectivity index (χ2n) is 18.8. The molecule has 9 N–H and O–H groups in total. The molecule has 45 heteroatoms. The number of terminal acetylenes is 1. The number of carboxylic acid groups (broad SMARTS) is 2. The predicted octanol–water partition coefficient (Wildman–Crippen LogP) is 3.13. The Kier molecular flexibility index (Phi) is 25.7. The van der Waals surface area contributed by atoms with Crippen LogP contribution in [0.2, 0.25) is 0 Å². The Morgan fingerprint density at radius 1 is 0.840 bits per heavy atom. The molecule has 5 amide bonds. The lowest BCUT2D eigenvalue weighted by Crippen LogP contribution is -2.39. The highest BCUT2D eigenvalue weighted by Gasteiger charge is 2.33. The number of halogens is 5. The van der Waals surface area contributed by atoms with Crippen molar-refractivity contribution in [3.8, 4) is 41.6 Å². The first-order chi connectivity index (χ1) is 43.9. The van der Waals surface area contributed by atoms with Crippen molar-refractivity contribution < 1.29 is 119 Å². The third kappa shape index (κ3) is 21.9. The lowest BCUT2D eigenvalue weighted by Gasteiger charge is -2.28. The van der Waals surface area contributed by atoms with Gasteiger partial charge in [-0.1, -0.05) is 38.8 Å². The topological polar surface area (TPSA) is 490 Å². The number of methoxy groups -OCH3 is 2. The van der Waals surface area contributed by atoms with Gasteiger partial charge in [0, 0.05) is 36.8 Å². The van der Waals surface area contributed by atoms with Gasteiger partial charge in [0.25, 0.3) is 26.0 Å². The van der Waals surface area contributed by atoms with E-state index in [1.165, 1.54) is 78.7 Å². The highest BCUT2D eigenvalue weighted by molar-refractivity contribution is 7.93. The molecule has 2 aromatic carbocycles. The van der Waals surface area contributed by atoms with Gasteiger partial charge in [-0.15, -0.1) is 6.42 Å². The van der Waals surface area contributed by atoms with E-state index in [1.54, 1.807) is 10.0 Å². The van der Waals surface area contributed by atoms with Crippen LogP contribution in [-0.2, 0) is 57.0 Å². The molecular formula is C49H52F5N14O21PS4. The number of alkyl halides is 4. The zero-order valence-corrected chi connectivity index (χ0v) is 52.9. The number of carbonyl (C=O) groups is 5. The molecule has 6 heterocycles. The summed E-state index contributed by atoms with van der Waals surface area (Å²) in [5.41, 5.74) is 0.0336. The smallest absolute Gasteiger partial charge is 0.388 e. The van der Waals surface area contributed by atoms with E-state index in [0.717, 1.165) is 43.2 Å². The number of aliphatic carboxylic acids is 1. The molecule has 35 nitrogen and oxygen atoms in total. The number of pyridine rings is 1. The number of amides is 5. The molecule has 0 fully saturated rings. The summed E-state index contributed by atoms with van der Waals surface area (Å²) in [5, 5.41) is 22.1. The van der Waals surface area contributed by atoms with Gasteiger partial charge in [0.1, 0.15) is 27.1 Å². The number of fused-ring (bicyclic) bond motifs is 2. The van der Waals surface area contributed by atoms with Crippen LogP contribution in [0.15, 0.2) is 86.7 Å². The first-order valence-electron chi connectivity index (χ1n) is 25.6. The zero-order valence-electron chi connectivity index (χ0n) is 48.8. The molecule has 2 aliphatic heterocycles. The first kappa shape index (κ1) is 75.0. The van der Waals surface area contributed by atoms with Crippen LogP contribution in [0.5, 0.6) is 29.3 Å². The van der Waals surface area contributed by atoms with Gasteiger partial charge >= 0.3 is 44.8 Å². The molecule has 0 atom stereocenters. The first-order valence-corrected chi connectivity index (χ1v) is 32.8. The number of rotatable bonds is 21. The Morgan fingerprint density at radius 3 is 1.93 bits per heavy atom. The van der Waals surface area contributed by atoms with Gasteiger partial charge in [0.15, 0.2) is 27.3 Å². The molecule has 0 bridgehead atoms. The molecule has 0 spiro atoms. The molecule has 508 valence electrons. The predicted molar refractivity (Wildman–Crippen MR) is 313 cm³/mol. The molecule has 0 unspecified atom stereocenters. The van der Waals surface area contributed by atoms with Gasteiger partial charge in [-0.2, -0.15) is 50.3 Å². The van der Waals surface area contributed by atoms with E-state index in [-0.39, 0.29) is 53.6 Å². The van der Waals surface area contributed by atoms with E-state index < -0.39 is 131 Å². The molecular weight excluding hydrogens is 1370 g/mol. The van der Waals surface area contributed by atoms with Crippen LogP contribution < -0.4 is 58.8 Å². The number of sulfone groups is 1. The Hall–Kier alpha value is -9.77. The van der Waals surface area contributed by atoms with Crippen LogP contribution in [0.4, 0.5) is 54.8 Å². The van der Waals surface area contributed by atoms with E-state index in [9.17, 15) is 75.7 Å². The Morgan fingerprint density at radius 2 is 1.39 bits per heavy atom. The fraction of sp³-hybridized carbons (Fsp3) is 0.306. The molecule has 0 aliphatic carbocycles. The lowest BCUT2D eigenvalue weighted by atomic mass is 9.92. The number of benzene rings is 2. The van der Waals surface area contributed by atoms with E-state index >= 15 is 0 Å². The third-order valence-electron chi connectivity index (χ3n) is 11.2. The summed E-state index contributed by atoms with van der Waals surface area (Å²) in [6, 6.07) is 8.46. The number of sulfonamides is 2. The van der Waals surface area contributed by atoms with Crippen molar-refractivity contribution in [2.24, 2.45) is 10.4 Å². The minimum atomic E-state index is -4.71. The van der Waals surface area contributed by atoms with Crippen molar-refractivity contribution in [3.63, 3.8) is 0 Å². The number of aromatic carboxylic acids is 1. The van der Waals surface area contributed by atoms with Crippen LogP contribution in [0.1, 0.15) is 37.0 Å². The monoisotopic (exact) mass is 1430 g/mol. The molecule has 2 aliphatic rings. The van der Waals surface area contributed by atoms with Crippen molar-refractivity contribution in [3.05, 3.63) is 88.9 Å².